The van der Waals surface area contributed by atoms with Crippen molar-refractivity contribution in [3.05, 3.63) is 110 Å². The fourth-order valence-electron chi connectivity index (χ4n) is 4.94. The lowest BCUT2D eigenvalue weighted by molar-refractivity contribution is -0.131. The molecule has 1 N–H and O–H groups in total. The normalized spacial score (nSPS) is 22.0. The van der Waals surface area contributed by atoms with Crippen LogP contribution < -0.4 is 29.7 Å². The van der Waals surface area contributed by atoms with Crippen LogP contribution in [0.15, 0.2) is 88.6 Å². The number of anilines is 1. The lowest BCUT2D eigenvalue weighted by Gasteiger charge is -2.45. The molecule has 0 spiro atoms. The second-order valence-electron chi connectivity index (χ2n) is 8.93. The Morgan fingerprint density at radius 3 is 2.56 bits per heavy atom. The molecule has 2 bridgehead atoms. The Bertz CT molecular complexity index is 1640. The highest BCUT2D eigenvalue weighted by Gasteiger charge is 2.55. The van der Waals surface area contributed by atoms with E-state index in [0.29, 0.717) is 20.8 Å². The van der Waals surface area contributed by atoms with E-state index < -0.39 is 17.7 Å². The average Bonchev–Trinajstić information content (AvgIpc) is 3.17. The first-order chi connectivity index (χ1) is 17.5. The second kappa shape index (κ2) is 8.49. The molecule has 1 aromatic heterocycles. The van der Waals surface area contributed by atoms with E-state index >= 15 is 0 Å². The van der Waals surface area contributed by atoms with Gasteiger partial charge in [-0.15, -0.1) is 0 Å². The number of hydrogen-bond acceptors (Lipinski definition) is 6. The van der Waals surface area contributed by atoms with E-state index in [2.05, 4.69) is 5.32 Å². The number of benzene rings is 3. The molecule has 0 saturated carbocycles. The van der Waals surface area contributed by atoms with Gasteiger partial charge in [0.05, 0.1) is 17.7 Å². The van der Waals surface area contributed by atoms with Crippen LogP contribution in [0.1, 0.15) is 24.1 Å². The summed E-state index contributed by atoms with van der Waals surface area (Å²) in [6.07, 6.45) is 1.84. The molecule has 3 aromatic carbocycles. The molecule has 2 aliphatic rings. The van der Waals surface area contributed by atoms with Crippen molar-refractivity contribution < 1.29 is 14.3 Å². The minimum Gasteiger partial charge on any atom is -0.497 e. The van der Waals surface area contributed by atoms with Crippen molar-refractivity contribution in [3.63, 3.8) is 0 Å². The fourth-order valence-corrected chi connectivity index (χ4v) is 6.04. The Balaban J connectivity index is 1.52. The first-order valence-electron chi connectivity index (χ1n) is 11.6. The van der Waals surface area contributed by atoms with E-state index in [-0.39, 0.29) is 11.5 Å². The van der Waals surface area contributed by atoms with Crippen LogP contribution in [0.2, 0.25) is 0 Å². The summed E-state index contributed by atoms with van der Waals surface area (Å²) >= 11 is 1.30. The largest absolute Gasteiger partial charge is 0.497 e. The third-order valence-corrected chi connectivity index (χ3v) is 7.60. The van der Waals surface area contributed by atoms with Gasteiger partial charge in [-0.2, -0.15) is 0 Å². The maximum absolute atomic E-state index is 13.8. The maximum atomic E-state index is 13.8. The Labute approximate surface area is 211 Å². The van der Waals surface area contributed by atoms with E-state index in [1.54, 1.807) is 11.7 Å². The lowest BCUT2D eigenvalue weighted by atomic mass is 9.80. The summed E-state index contributed by atoms with van der Waals surface area (Å²) in [5.41, 5.74) is 0.976. The van der Waals surface area contributed by atoms with Gasteiger partial charge in [0.15, 0.2) is 4.80 Å². The van der Waals surface area contributed by atoms with Gasteiger partial charge >= 0.3 is 0 Å². The van der Waals surface area contributed by atoms with Crippen LogP contribution in [0.3, 0.4) is 0 Å². The number of amides is 1. The van der Waals surface area contributed by atoms with Gasteiger partial charge in [-0.25, -0.2) is 4.99 Å². The maximum Gasteiger partial charge on any atom is 0.270 e. The highest BCUT2D eigenvalue weighted by atomic mass is 32.1. The minimum atomic E-state index is -1.17. The van der Waals surface area contributed by atoms with E-state index in [0.717, 1.165) is 16.9 Å². The van der Waals surface area contributed by atoms with Crippen LogP contribution in [-0.2, 0) is 4.79 Å². The first-order valence-corrected chi connectivity index (χ1v) is 12.4. The lowest BCUT2D eigenvalue weighted by Crippen LogP contribution is -2.59. The number of methoxy groups -OCH3 is 1. The van der Waals surface area contributed by atoms with Gasteiger partial charge in [0, 0.05) is 11.3 Å². The summed E-state index contributed by atoms with van der Waals surface area (Å²) in [5, 5.41) is 2.99. The van der Waals surface area contributed by atoms with Crippen LogP contribution in [0.4, 0.5) is 5.69 Å². The third-order valence-electron chi connectivity index (χ3n) is 6.62. The fraction of sp³-hybridized carbons (Fsp3) is 0.179. The highest BCUT2D eigenvalue weighted by molar-refractivity contribution is 7.07. The van der Waals surface area contributed by atoms with Crippen LogP contribution in [0.25, 0.3) is 6.08 Å². The summed E-state index contributed by atoms with van der Waals surface area (Å²) < 4.78 is 13.8. The molecule has 2 aliphatic heterocycles. The number of ether oxygens (including phenoxy) is 2. The van der Waals surface area contributed by atoms with Crippen molar-refractivity contribution >= 4 is 29.0 Å². The van der Waals surface area contributed by atoms with E-state index in [4.69, 9.17) is 14.5 Å². The standard InChI is InChI=1S/C28H23N3O4S/c1-28-23(25(32)29-18-8-4-3-5-9-18)24(20-10-6-7-11-21(20)35-28)31-26(33)22(36-27(31)30-28)16-17-12-14-19(34-2)15-13-17/h3-16,23-24H,1-2H3,(H,29,32)/b22-16-/t23-,24+,28-/m1/s1. The van der Waals surface area contributed by atoms with Gasteiger partial charge in [0.25, 0.3) is 5.56 Å². The van der Waals surface area contributed by atoms with Gasteiger partial charge in [-0.05, 0) is 48.9 Å². The quantitative estimate of drug-likeness (QED) is 0.469. The van der Waals surface area contributed by atoms with Gasteiger partial charge in [0.2, 0.25) is 11.6 Å². The minimum absolute atomic E-state index is 0.184. The number of nitrogens with zero attached hydrogens (tertiary/aromatic N) is 2. The summed E-state index contributed by atoms with van der Waals surface area (Å²) in [7, 11) is 1.61. The number of hydrogen-bond donors (Lipinski definition) is 1. The molecule has 3 atom stereocenters. The van der Waals surface area contributed by atoms with Gasteiger partial charge < -0.3 is 14.8 Å². The number of para-hydroxylation sites is 2. The van der Waals surface area contributed by atoms with E-state index in [1.165, 1.54) is 11.3 Å². The number of rotatable bonds is 4. The van der Waals surface area contributed by atoms with Crippen LogP contribution in [-0.4, -0.2) is 23.3 Å². The topological polar surface area (TPSA) is 81.9 Å². The predicted octanol–water partition coefficient (Wildman–Crippen LogP) is 3.33. The zero-order valence-corrected chi connectivity index (χ0v) is 20.5. The molecule has 180 valence electrons. The van der Waals surface area contributed by atoms with E-state index in [9.17, 15) is 9.59 Å². The Morgan fingerprint density at radius 2 is 1.81 bits per heavy atom. The molecule has 0 unspecified atom stereocenters. The molecule has 4 aromatic rings. The molecule has 1 amide bonds. The number of thiazole rings is 1. The second-order valence-corrected chi connectivity index (χ2v) is 9.93. The number of aromatic nitrogens is 1. The van der Waals surface area contributed by atoms with Gasteiger partial charge in [-0.1, -0.05) is 59.9 Å². The predicted molar refractivity (Wildman–Crippen MR) is 138 cm³/mol. The molecule has 0 fully saturated rings. The zero-order chi connectivity index (χ0) is 24.9. The zero-order valence-electron chi connectivity index (χ0n) is 19.7. The number of carbonyl (C=O) groups excluding carboxylic acids is 1. The Hall–Kier alpha value is -4.17. The molecular weight excluding hydrogens is 474 g/mol. The highest BCUT2D eigenvalue weighted by Crippen LogP contribution is 2.47. The Kier molecular flexibility index (Phi) is 5.26. The number of carbonyl (C=O) groups is 1. The summed E-state index contributed by atoms with van der Waals surface area (Å²) in [5.74, 6) is 0.367. The van der Waals surface area contributed by atoms with Crippen LogP contribution in [0.5, 0.6) is 11.5 Å². The summed E-state index contributed by atoms with van der Waals surface area (Å²) in [6, 6.07) is 23.7. The molecule has 8 heteroatoms. The van der Waals surface area contributed by atoms with Crippen molar-refractivity contribution in [2.24, 2.45) is 10.9 Å². The third kappa shape index (κ3) is 3.61. The van der Waals surface area contributed by atoms with Crippen molar-refractivity contribution in [2.75, 3.05) is 12.4 Å². The number of fused-ring (bicyclic) bond motifs is 6. The summed E-state index contributed by atoms with van der Waals surface area (Å²) in [4.78, 5) is 32.8. The average molecular weight is 498 g/mol. The SMILES string of the molecule is COc1ccc(/C=c2\sc3n(c2=O)[C@H]2c4ccccc4O[C@@](C)(N=3)[C@H]2C(=O)Nc2ccccc2)cc1. The van der Waals surface area contributed by atoms with Crippen molar-refractivity contribution in [2.45, 2.75) is 18.7 Å². The molecule has 3 heterocycles. The molecule has 6 rings (SSSR count). The summed E-state index contributed by atoms with van der Waals surface area (Å²) in [6.45, 7) is 1.81. The molecular formula is C28H23N3O4S. The first kappa shape index (κ1) is 22.3. The molecule has 0 radical (unpaired) electrons. The van der Waals surface area contributed by atoms with Crippen molar-refractivity contribution in [1.29, 1.82) is 0 Å². The van der Waals surface area contributed by atoms with Gasteiger partial charge in [-0.3, -0.25) is 14.2 Å². The van der Waals surface area contributed by atoms with E-state index in [1.807, 2.05) is 91.9 Å². The van der Waals surface area contributed by atoms with Crippen molar-refractivity contribution in [3.8, 4) is 11.5 Å². The van der Waals surface area contributed by atoms with Crippen LogP contribution >= 0.6 is 11.3 Å². The van der Waals surface area contributed by atoms with Crippen LogP contribution in [0, 0.1) is 5.92 Å². The number of nitrogens with one attached hydrogen (secondary N) is 1. The monoisotopic (exact) mass is 497 g/mol. The molecule has 36 heavy (non-hydrogen) atoms. The van der Waals surface area contributed by atoms with Crippen molar-refractivity contribution in [1.82, 2.24) is 4.57 Å². The van der Waals surface area contributed by atoms with Gasteiger partial charge in [0.1, 0.15) is 17.4 Å². The molecule has 0 saturated heterocycles. The smallest absolute Gasteiger partial charge is 0.270 e. The Morgan fingerprint density at radius 1 is 1.08 bits per heavy atom. The molecule has 0 aliphatic carbocycles. The molecule has 7 nitrogen and oxygen atoms in total.